The Bertz CT molecular complexity index is 691. The second kappa shape index (κ2) is 9.63. The first-order valence-corrected chi connectivity index (χ1v) is 9.99. The summed E-state index contributed by atoms with van der Waals surface area (Å²) in [6, 6.07) is 2.05. The van der Waals surface area contributed by atoms with Crippen LogP contribution >= 0.6 is 0 Å². The number of ether oxygens (including phenoxy) is 1. The molecule has 0 aliphatic carbocycles. The maximum Gasteiger partial charge on any atom is 0.410 e. The molecule has 0 aromatic rings. The molecule has 9 heteroatoms. The molecule has 3 amide bonds. The number of nitrogens with one attached hydrogen (secondary N) is 1. The van der Waals surface area contributed by atoms with Gasteiger partial charge in [0.05, 0.1) is 0 Å². The van der Waals surface area contributed by atoms with Crippen LogP contribution in [0.3, 0.4) is 0 Å². The molecule has 0 radical (unpaired) electrons. The Balaban J connectivity index is 1.83. The summed E-state index contributed by atoms with van der Waals surface area (Å²) in [6.45, 7) is 9.95. The Morgan fingerprint density at radius 3 is 2.03 bits per heavy atom. The molecule has 0 aromatic heterocycles. The predicted molar refractivity (Wildman–Crippen MR) is 106 cm³/mol. The van der Waals surface area contributed by atoms with Gasteiger partial charge in [0.2, 0.25) is 5.91 Å². The van der Waals surface area contributed by atoms with Crippen molar-refractivity contribution in [2.75, 3.05) is 39.3 Å². The fourth-order valence-electron chi connectivity index (χ4n) is 3.29. The third kappa shape index (κ3) is 6.66. The van der Waals surface area contributed by atoms with Gasteiger partial charge in [-0.15, -0.1) is 0 Å². The van der Waals surface area contributed by atoms with Crippen molar-refractivity contribution in [3.63, 3.8) is 0 Å². The van der Waals surface area contributed by atoms with Gasteiger partial charge < -0.3 is 24.8 Å². The predicted octanol–water partition coefficient (Wildman–Crippen LogP) is 1.07. The molecule has 2 fully saturated rings. The summed E-state index contributed by atoms with van der Waals surface area (Å²) >= 11 is 0. The van der Waals surface area contributed by atoms with E-state index in [9.17, 15) is 19.6 Å². The van der Waals surface area contributed by atoms with E-state index in [-0.39, 0.29) is 29.5 Å². The van der Waals surface area contributed by atoms with E-state index in [0.717, 1.165) is 0 Å². The van der Waals surface area contributed by atoms with Crippen molar-refractivity contribution in [2.24, 2.45) is 0 Å². The number of hydrogen-bond donors (Lipinski definition) is 1. The lowest BCUT2D eigenvalue weighted by Gasteiger charge is -2.34. The summed E-state index contributed by atoms with van der Waals surface area (Å²) in [5, 5.41) is 12.5. The Labute approximate surface area is 172 Å². The maximum absolute atomic E-state index is 12.6. The zero-order valence-corrected chi connectivity index (χ0v) is 17.7. The molecule has 29 heavy (non-hydrogen) atoms. The molecule has 2 aliphatic rings. The summed E-state index contributed by atoms with van der Waals surface area (Å²) in [6.07, 6.45) is 2.58. The summed E-state index contributed by atoms with van der Waals surface area (Å²) in [4.78, 5) is 41.1. The lowest BCUT2D eigenvalue weighted by atomic mass is 10.1. The SMILES string of the molecule is CC(=O)N1CCN(C(=O)/C(C#N)=C\NC2CCN(C(=O)OC(C)(C)C)CC2)CC1. The maximum atomic E-state index is 12.6. The number of piperazine rings is 1. The molecule has 2 rings (SSSR count). The van der Waals surface area contributed by atoms with Crippen molar-refractivity contribution in [3.05, 3.63) is 11.8 Å². The molecule has 2 aliphatic heterocycles. The molecular weight excluding hydrogens is 374 g/mol. The number of piperidine rings is 1. The zero-order valence-electron chi connectivity index (χ0n) is 17.7. The first-order chi connectivity index (χ1) is 13.6. The van der Waals surface area contributed by atoms with Crippen LogP contribution in [0.2, 0.25) is 0 Å². The molecular formula is C20H31N5O4. The summed E-state index contributed by atoms with van der Waals surface area (Å²) in [7, 11) is 0. The molecule has 160 valence electrons. The molecule has 0 bridgehead atoms. The Morgan fingerprint density at radius 2 is 1.55 bits per heavy atom. The summed E-state index contributed by atoms with van der Waals surface area (Å²) in [5.74, 6) is -0.332. The van der Waals surface area contributed by atoms with Crippen molar-refractivity contribution in [2.45, 2.75) is 52.2 Å². The van der Waals surface area contributed by atoms with Gasteiger partial charge in [-0.2, -0.15) is 5.26 Å². The number of nitrogens with zero attached hydrogens (tertiary/aromatic N) is 4. The molecule has 1 N–H and O–H groups in total. The normalized spacial score (nSPS) is 18.9. The number of amides is 3. The van der Waals surface area contributed by atoms with Gasteiger partial charge in [-0.1, -0.05) is 0 Å². The zero-order chi connectivity index (χ0) is 21.6. The van der Waals surface area contributed by atoms with Crippen LogP contribution in [0.4, 0.5) is 4.79 Å². The molecule has 0 unspecified atom stereocenters. The lowest BCUT2D eigenvalue weighted by molar-refractivity contribution is -0.136. The first-order valence-electron chi connectivity index (χ1n) is 9.99. The van der Waals surface area contributed by atoms with Gasteiger partial charge >= 0.3 is 6.09 Å². The lowest BCUT2D eigenvalue weighted by Crippen LogP contribution is -2.50. The minimum atomic E-state index is -0.521. The van der Waals surface area contributed by atoms with Crippen molar-refractivity contribution < 1.29 is 19.1 Å². The minimum absolute atomic E-state index is 0.00691. The average Bonchev–Trinajstić information content (AvgIpc) is 2.67. The monoisotopic (exact) mass is 405 g/mol. The highest BCUT2D eigenvalue weighted by Crippen LogP contribution is 2.16. The second-order valence-electron chi connectivity index (χ2n) is 8.38. The highest BCUT2D eigenvalue weighted by Gasteiger charge is 2.27. The van der Waals surface area contributed by atoms with Gasteiger partial charge in [-0.3, -0.25) is 9.59 Å². The van der Waals surface area contributed by atoms with Crippen LogP contribution in [0.15, 0.2) is 11.8 Å². The number of carbonyl (C=O) groups excluding carboxylic acids is 3. The van der Waals surface area contributed by atoms with Gasteiger partial charge in [-0.25, -0.2) is 4.79 Å². The topological polar surface area (TPSA) is 106 Å². The summed E-state index contributed by atoms with van der Waals surface area (Å²) in [5.41, 5.74) is -0.469. The third-order valence-electron chi connectivity index (χ3n) is 4.97. The van der Waals surface area contributed by atoms with E-state index in [0.29, 0.717) is 52.1 Å². The second-order valence-corrected chi connectivity index (χ2v) is 8.38. The Morgan fingerprint density at radius 1 is 1.00 bits per heavy atom. The first kappa shape index (κ1) is 22.5. The quantitative estimate of drug-likeness (QED) is 0.556. The van der Waals surface area contributed by atoms with Gasteiger partial charge in [0, 0.05) is 58.4 Å². The van der Waals surface area contributed by atoms with Gasteiger partial charge in [0.15, 0.2) is 0 Å². The van der Waals surface area contributed by atoms with Crippen molar-refractivity contribution in [3.8, 4) is 6.07 Å². The molecule has 2 heterocycles. The van der Waals surface area contributed by atoms with Gasteiger partial charge in [-0.05, 0) is 33.6 Å². The highest BCUT2D eigenvalue weighted by atomic mass is 16.6. The van der Waals surface area contributed by atoms with Crippen LogP contribution in [-0.4, -0.2) is 83.5 Å². The molecule has 2 saturated heterocycles. The average molecular weight is 405 g/mol. The molecule has 0 spiro atoms. The van der Waals surface area contributed by atoms with E-state index in [4.69, 9.17) is 4.74 Å². The van der Waals surface area contributed by atoms with E-state index < -0.39 is 5.60 Å². The van der Waals surface area contributed by atoms with Gasteiger partial charge in [0.25, 0.3) is 5.91 Å². The third-order valence-corrected chi connectivity index (χ3v) is 4.97. The smallest absolute Gasteiger partial charge is 0.410 e. The van der Waals surface area contributed by atoms with Crippen LogP contribution in [0, 0.1) is 11.3 Å². The number of hydrogen-bond acceptors (Lipinski definition) is 6. The van der Waals surface area contributed by atoms with E-state index in [2.05, 4.69) is 5.32 Å². The van der Waals surface area contributed by atoms with Gasteiger partial charge in [0.1, 0.15) is 17.2 Å². The Hall–Kier alpha value is -2.76. The highest BCUT2D eigenvalue weighted by molar-refractivity contribution is 5.97. The number of likely N-dealkylation sites (tertiary alicyclic amines) is 1. The van der Waals surface area contributed by atoms with Crippen LogP contribution < -0.4 is 5.32 Å². The minimum Gasteiger partial charge on any atom is -0.444 e. The Kier molecular flexibility index (Phi) is 7.48. The number of nitriles is 1. The summed E-state index contributed by atoms with van der Waals surface area (Å²) < 4.78 is 5.39. The van der Waals surface area contributed by atoms with Crippen molar-refractivity contribution in [1.82, 2.24) is 20.0 Å². The molecule has 9 nitrogen and oxygen atoms in total. The number of rotatable bonds is 3. The molecule has 0 saturated carbocycles. The fraction of sp³-hybridized carbons (Fsp3) is 0.700. The van der Waals surface area contributed by atoms with E-state index in [1.54, 1.807) is 14.7 Å². The van der Waals surface area contributed by atoms with Crippen LogP contribution in [0.25, 0.3) is 0 Å². The van der Waals surface area contributed by atoms with E-state index in [1.165, 1.54) is 13.1 Å². The van der Waals surface area contributed by atoms with Crippen LogP contribution in [-0.2, 0) is 14.3 Å². The largest absolute Gasteiger partial charge is 0.444 e. The molecule has 0 atom stereocenters. The van der Waals surface area contributed by atoms with Crippen molar-refractivity contribution >= 4 is 17.9 Å². The molecule has 0 aromatic carbocycles. The van der Waals surface area contributed by atoms with Crippen molar-refractivity contribution in [1.29, 1.82) is 5.26 Å². The standard InChI is InChI=1S/C20H31N5O4/c1-15(26)23-9-11-24(12-10-23)18(27)16(13-21)14-22-17-5-7-25(8-6-17)19(28)29-20(2,3)4/h14,17,22H,5-12H2,1-4H3/b16-14-. The van der Waals surface area contributed by atoms with Crippen LogP contribution in [0.1, 0.15) is 40.5 Å². The van der Waals surface area contributed by atoms with E-state index >= 15 is 0 Å². The van der Waals surface area contributed by atoms with Crippen LogP contribution in [0.5, 0.6) is 0 Å². The fourth-order valence-corrected chi connectivity index (χ4v) is 3.29. The number of carbonyl (C=O) groups is 3. The van der Waals surface area contributed by atoms with E-state index in [1.807, 2.05) is 26.8 Å².